The highest BCUT2D eigenvalue weighted by Crippen LogP contribution is 2.32. The van der Waals surface area contributed by atoms with Gasteiger partial charge in [-0.2, -0.15) is 0 Å². The molecule has 0 aliphatic carbocycles. The van der Waals surface area contributed by atoms with Crippen molar-refractivity contribution in [3.8, 4) is 0 Å². The second kappa shape index (κ2) is 13.1. The third-order valence-corrected chi connectivity index (χ3v) is 5.49. The third-order valence-electron chi connectivity index (χ3n) is 5.49. The second-order valence-electron chi connectivity index (χ2n) is 7.16. The van der Waals surface area contributed by atoms with E-state index in [0.29, 0.717) is 5.92 Å². The lowest BCUT2D eigenvalue weighted by Crippen LogP contribution is -2.44. The topological polar surface area (TPSA) is 30.9 Å². The summed E-state index contributed by atoms with van der Waals surface area (Å²) in [5.41, 5.74) is 0. The van der Waals surface area contributed by atoms with E-state index < -0.39 is 5.97 Å². The maximum Gasteiger partial charge on any atom is 0.285 e. The molecule has 1 fully saturated rings. The molecule has 0 N–H and O–H groups in total. The van der Waals surface area contributed by atoms with Gasteiger partial charge in [-0.25, -0.2) is 0 Å². The van der Waals surface area contributed by atoms with E-state index in [-0.39, 0.29) is 0 Å². The Morgan fingerprint density at radius 2 is 1.33 bits per heavy atom. The van der Waals surface area contributed by atoms with E-state index in [4.69, 9.17) is 14.2 Å². The summed E-state index contributed by atoms with van der Waals surface area (Å²) in [7, 11) is 5.09. The molecule has 0 aromatic rings. The Morgan fingerprint density at radius 1 is 0.792 bits per heavy atom. The number of hydrogen-bond acceptors (Lipinski definition) is 4. The van der Waals surface area contributed by atoms with Gasteiger partial charge in [0.05, 0.1) is 0 Å². The fourth-order valence-electron chi connectivity index (χ4n) is 3.99. The lowest BCUT2D eigenvalue weighted by atomic mass is 9.92. The molecule has 1 unspecified atom stereocenters. The van der Waals surface area contributed by atoms with Gasteiger partial charge in [0, 0.05) is 27.2 Å². The maximum atomic E-state index is 5.66. The predicted octanol–water partition coefficient (Wildman–Crippen LogP) is 4.82. The predicted molar refractivity (Wildman–Crippen MR) is 100 cm³/mol. The SMILES string of the molecule is CCCCCCCCC(CCCN1CCCC1)C(OC)(OC)OC. The van der Waals surface area contributed by atoms with E-state index in [1.807, 2.05) is 0 Å². The molecule has 1 heterocycles. The highest BCUT2D eigenvalue weighted by molar-refractivity contribution is 4.73. The summed E-state index contributed by atoms with van der Waals surface area (Å²) >= 11 is 0. The first kappa shape index (κ1) is 21.9. The monoisotopic (exact) mass is 343 g/mol. The molecule has 1 aliphatic rings. The van der Waals surface area contributed by atoms with Crippen molar-refractivity contribution in [1.82, 2.24) is 4.90 Å². The Kier molecular flexibility index (Phi) is 11.9. The van der Waals surface area contributed by atoms with Crippen LogP contribution in [0.3, 0.4) is 0 Å². The maximum absolute atomic E-state index is 5.66. The summed E-state index contributed by atoms with van der Waals surface area (Å²) in [4.78, 5) is 2.58. The van der Waals surface area contributed by atoms with Gasteiger partial charge in [0.1, 0.15) is 0 Å². The largest absolute Gasteiger partial charge is 0.331 e. The lowest BCUT2D eigenvalue weighted by Gasteiger charge is -2.36. The third kappa shape index (κ3) is 7.38. The minimum Gasteiger partial charge on any atom is -0.331 e. The van der Waals surface area contributed by atoms with Crippen LogP contribution in [0.25, 0.3) is 0 Å². The van der Waals surface area contributed by atoms with Gasteiger partial charge in [-0.3, -0.25) is 0 Å². The van der Waals surface area contributed by atoms with Crippen LogP contribution in [-0.2, 0) is 14.2 Å². The number of ether oxygens (including phenoxy) is 3. The van der Waals surface area contributed by atoms with Gasteiger partial charge >= 0.3 is 0 Å². The number of unbranched alkanes of at least 4 members (excludes halogenated alkanes) is 5. The molecule has 1 rings (SSSR count). The minimum atomic E-state index is -0.881. The summed E-state index contributed by atoms with van der Waals surface area (Å²) in [6, 6.07) is 0. The second-order valence-corrected chi connectivity index (χ2v) is 7.16. The van der Waals surface area contributed by atoms with Crippen molar-refractivity contribution in [2.45, 2.75) is 83.5 Å². The van der Waals surface area contributed by atoms with Crippen LogP contribution in [-0.4, -0.2) is 51.8 Å². The minimum absolute atomic E-state index is 0.297. The van der Waals surface area contributed by atoms with E-state index in [0.717, 1.165) is 12.8 Å². The average Bonchev–Trinajstić information content (AvgIpc) is 3.12. The fraction of sp³-hybridized carbons (Fsp3) is 1.00. The quantitative estimate of drug-likeness (QED) is 0.315. The molecular weight excluding hydrogens is 302 g/mol. The van der Waals surface area contributed by atoms with Gasteiger partial charge in [-0.1, -0.05) is 45.4 Å². The van der Waals surface area contributed by atoms with E-state index in [1.165, 1.54) is 77.4 Å². The smallest absolute Gasteiger partial charge is 0.285 e. The van der Waals surface area contributed by atoms with Gasteiger partial charge < -0.3 is 19.1 Å². The zero-order valence-electron chi connectivity index (χ0n) is 16.6. The highest BCUT2D eigenvalue weighted by atomic mass is 16.9. The zero-order valence-corrected chi connectivity index (χ0v) is 16.6. The summed E-state index contributed by atoms with van der Waals surface area (Å²) < 4.78 is 17.0. The standard InChI is InChI=1S/C20H41NO3/c1-5-6-7-8-9-10-14-19(20(22-2,23-3)24-4)15-13-18-21-16-11-12-17-21/h19H,5-18H2,1-4H3. The molecule has 0 radical (unpaired) electrons. The highest BCUT2D eigenvalue weighted by Gasteiger charge is 2.39. The van der Waals surface area contributed by atoms with Crippen molar-refractivity contribution in [2.75, 3.05) is 41.0 Å². The van der Waals surface area contributed by atoms with E-state index in [2.05, 4.69) is 11.8 Å². The van der Waals surface area contributed by atoms with Crippen molar-refractivity contribution in [3.05, 3.63) is 0 Å². The van der Waals surface area contributed by atoms with Gasteiger partial charge in [0.25, 0.3) is 5.97 Å². The Hall–Kier alpha value is -0.160. The molecule has 24 heavy (non-hydrogen) atoms. The normalized spacial score (nSPS) is 17.5. The van der Waals surface area contributed by atoms with Gasteiger partial charge in [0.15, 0.2) is 0 Å². The molecule has 0 amide bonds. The van der Waals surface area contributed by atoms with Crippen LogP contribution in [0.1, 0.15) is 77.6 Å². The number of nitrogens with zero attached hydrogens (tertiary/aromatic N) is 1. The van der Waals surface area contributed by atoms with Crippen molar-refractivity contribution >= 4 is 0 Å². The van der Waals surface area contributed by atoms with E-state index in [9.17, 15) is 0 Å². The molecule has 4 nitrogen and oxygen atoms in total. The molecule has 1 aliphatic heterocycles. The van der Waals surface area contributed by atoms with Crippen LogP contribution in [0.2, 0.25) is 0 Å². The molecule has 0 bridgehead atoms. The zero-order chi connectivity index (χ0) is 17.7. The number of likely N-dealkylation sites (tertiary alicyclic amines) is 1. The molecular formula is C20H41NO3. The Bertz CT molecular complexity index is 280. The molecule has 0 aromatic carbocycles. The molecule has 0 saturated carbocycles. The summed E-state index contributed by atoms with van der Waals surface area (Å²) in [6.45, 7) is 6.00. The van der Waals surface area contributed by atoms with Gasteiger partial charge in [-0.05, 0) is 51.7 Å². The van der Waals surface area contributed by atoms with Crippen LogP contribution in [0.4, 0.5) is 0 Å². The Labute approximate surface area is 150 Å². The summed E-state index contributed by atoms with van der Waals surface area (Å²) in [5.74, 6) is -0.583. The fourth-order valence-corrected chi connectivity index (χ4v) is 3.99. The first-order valence-electron chi connectivity index (χ1n) is 10.1. The van der Waals surface area contributed by atoms with Crippen LogP contribution >= 0.6 is 0 Å². The molecule has 0 spiro atoms. The van der Waals surface area contributed by atoms with E-state index in [1.54, 1.807) is 21.3 Å². The van der Waals surface area contributed by atoms with Crippen LogP contribution < -0.4 is 0 Å². The van der Waals surface area contributed by atoms with Crippen LogP contribution in [0, 0.1) is 5.92 Å². The first-order valence-corrected chi connectivity index (χ1v) is 10.1. The summed E-state index contributed by atoms with van der Waals surface area (Å²) in [6.07, 6.45) is 14.0. The van der Waals surface area contributed by atoms with Crippen molar-refractivity contribution in [2.24, 2.45) is 5.92 Å². The average molecular weight is 344 g/mol. The molecule has 1 atom stereocenters. The van der Waals surface area contributed by atoms with Crippen LogP contribution in [0.5, 0.6) is 0 Å². The number of rotatable bonds is 15. The van der Waals surface area contributed by atoms with Crippen LogP contribution in [0.15, 0.2) is 0 Å². The van der Waals surface area contributed by atoms with Crippen molar-refractivity contribution < 1.29 is 14.2 Å². The van der Waals surface area contributed by atoms with Gasteiger partial charge in [-0.15, -0.1) is 0 Å². The molecule has 1 saturated heterocycles. The number of hydrogen-bond donors (Lipinski definition) is 0. The first-order chi connectivity index (χ1) is 11.7. The summed E-state index contributed by atoms with van der Waals surface area (Å²) in [5, 5.41) is 0. The van der Waals surface area contributed by atoms with E-state index >= 15 is 0 Å². The van der Waals surface area contributed by atoms with Gasteiger partial charge in [0.2, 0.25) is 0 Å². The van der Waals surface area contributed by atoms with Crippen molar-refractivity contribution in [3.63, 3.8) is 0 Å². The Balaban J connectivity index is 2.41. The molecule has 144 valence electrons. The lowest BCUT2D eigenvalue weighted by molar-refractivity contribution is -0.380. The molecule has 0 aromatic heterocycles. The number of methoxy groups -OCH3 is 3. The Morgan fingerprint density at radius 3 is 1.92 bits per heavy atom. The molecule has 4 heteroatoms. The van der Waals surface area contributed by atoms with Crippen molar-refractivity contribution in [1.29, 1.82) is 0 Å².